The first kappa shape index (κ1) is 51.1. The summed E-state index contributed by atoms with van der Waals surface area (Å²) in [5.41, 5.74) is 22.9. The van der Waals surface area contributed by atoms with Crippen LogP contribution in [0.25, 0.3) is 11.1 Å². The highest BCUT2D eigenvalue weighted by molar-refractivity contribution is 6.00. The van der Waals surface area contributed by atoms with Crippen molar-refractivity contribution in [1.29, 1.82) is 5.26 Å². The van der Waals surface area contributed by atoms with Crippen LogP contribution in [0.3, 0.4) is 0 Å². The molecule has 3 aromatic carbocycles. The third-order valence-electron chi connectivity index (χ3n) is 11.3. The van der Waals surface area contributed by atoms with Gasteiger partial charge in [0.1, 0.15) is 61.2 Å². The molecule has 4 bridgehead atoms. The fraction of sp³-hybridized carbons (Fsp3) is 0.429. The molecule has 18 heteroatoms. The Labute approximate surface area is 391 Å². The van der Waals surface area contributed by atoms with E-state index in [0.717, 1.165) is 5.56 Å². The second kappa shape index (κ2) is 23.0. The third-order valence-corrected chi connectivity index (χ3v) is 11.3. The van der Waals surface area contributed by atoms with Gasteiger partial charge in [-0.05, 0) is 85.7 Å². The highest BCUT2D eigenvalue weighted by atomic mass is 16.5. The standard InChI is InChI=1S/C49H63N11O7/c1-28-42(29(2)56-41(55-28)26-31-8-12-34(13-9-31)49(4,5)6)46(63)58-37(16-17-50)48(65)60(7)43-33-11-15-40(67-23-20-53)36(27-33)35-24-32(10-14-39(35)66-22-19-52)25-38(45(62)54-21-18-51)59-44(61)30(3)57-47(43)64/h8-15,24,27,30,37-38,43H,16-17,19-23,25-26,50,52-53H2,1-7H3,(H,54,62)(H,57,64)(H,58,63)(H,59,61)/t30-,37?,38-,43-/m0/s1. The molecule has 0 fully saturated rings. The third kappa shape index (κ3) is 12.9. The number of ether oxygens (including phenoxy) is 2. The van der Waals surface area contributed by atoms with E-state index >= 15 is 0 Å². The Bertz CT molecular complexity index is 2460. The van der Waals surface area contributed by atoms with Crippen molar-refractivity contribution in [1.82, 2.24) is 36.1 Å². The Hall–Kier alpha value is -6.94. The van der Waals surface area contributed by atoms with Gasteiger partial charge in [-0.2, -0.15) is 5.26 Å². The Balaban J connectivity index is 1.54. The zero-order chi connectivity index (χ0) is 49.0. The van der Waals surface area contributed by atoms with Gasteiger partial charge >= 0.3 is 0 Å². The number of likely N-dealkylation sites (N-methyl/N-ethyl adjacent to an activating group) is 1. The van der Waals surface area contributed by atoms with Crippen LogP contribution in [0.5, 0.6) is 11.5 Å². The molecule has 1 aliphatic rings. The van der Waals surface area contributed by atoms with Crippen LogP contribution < -0.4 is 47.9 Å². The topological polar surface area (TPSA) is 283 Å². The van der Waals surface area contributed by atoms with E-state index in [1.54, 1.807) is 50.2 Å². The SMILES string of the molecule is Cc1nc(Cc2ccc(C(C)(C)C)cc2)nc(C)c1C(=O)NC(CCN)C(=O)N(C)[C@@H]1C(=O)N[C@@H](C)C(=O)N[C@H](C(=O)NCC#N)Cc2ccc(OCCN)c(c2)-c2cc1ccc2OCCN. The number of carbonyl (C=O) groups is 5. The maximum Gasteiger partial charge on any atom is 0.255 e. The molecule has 0 aliphatic carbocycles. The van der Waals surface area contributed by atoms with E-state index in [4.69, 9.17) is 26.7 Å². The smallest absolute Gasteiger partial charge is 0.255 e. The highest BCUT2D eigenvalue weighted by Gasteiger charge is 2.36. The molecule has 0 saturated heterocycles. The quantitative estimate of drug-likeness (QED) is 0.0795. The summed E-state index contributed by atoms with van der Waals surface area (Å²) in [6, 6.07) is 15.3. The van der Waals surface area contributed by atoms with Crippen molar-refractivity contribution < 1.29 is 33.4 Å². The van der Waals surface area contributed by atoms with Gasteiger partial charge in [0.05, 0.1) is 23.0 Å². The largest absolute Gasteiger partial charge is 0.492 e. The lowest BCUT2D eigenvalue weighted by molar-refractivity contribution is -0.141. The van der Waals surface area contributed by atoms with Gasteiger partial charge in [0, 0.05) is 44.1 Å². The minimum Gasteiger partial charge on any atom is -0.492 e. The molecule has 2 heterocycles. The van der Waals surface area contributed by atoms with Crippen LogP contribution in [-0.4, -0.2) is 109 Å². The monoisotopic (exact) mass is 917 g/mol. The average Bonchev–Trinajstić information content (AvgIpc) is 3.28. The lowest BCUT2D eigenvalue weighted by Gasteiger charge is -2.32. The van der Waals surface area contributed by atoms with Crippen molar-refractivity contribution in [3.63, 3.8) is 0 Å². The van der Waals surface area contributed by atoms with Gasteiger partial charge in [-0.1, -0.05) is 57.2 Å². The maximum atomic E-state index is 14.7. The first-order valence-electron chi connectivity index (χ1n) is 22.3. The van der Waals surface area contributed by atoms with Crippen LogP contribution in [0.15, 0.2) is 60.7 Å². The van der Waals surface area contributed by atoms with Crippen molar-refractivity contribution in [2.75, 3.05) is 46.4 Å². The zero-order valence-electron chi connectivity index (χ0n) is 39.3. The molecule has 1 aromatic heterocycles. The van der Waals surface area contributed by atoms with Gasteiger partial charge < -0.3 is 52.8 Å². The van der Waals surface area contributed by atoms with E-state index in [-0.39, 0.29) is 63.2 Å². The number of nitriles is 1. The summed E-state index contributed by atoms with van der Waals surface area (Å²) in [7, 11) is 1.42. The molecule has 0 spiro atoms. The number of nitrogens with one attached hydrogen (secondary N) is 4. The van der Waals surface area contributed by atoms with Gasteiger partial charge in [0.15, 0.2) is 0 Å². The number of rotatable bonds is 16. The Morgan fingerprint density at radius 3 is 2.07 bits per heavy atom. The van der Waals surface area contributed by atoms with Crippen LogP contribution in [0.1, 0.15) is 90.0 Å². The van der Waals surface area contributed by atoms with E-state index in [1.807, 2.05) is 18.2 Å². The molecule has 0 saturated carbocycles. The number of carbonyl (C=O) groups excluding carboxylic acids is 5. The number of fused-ring (bicyclic) bond motifs is 5. The van der Waals surface area contributed by atoms with E-state index < -0.39 is 53.7 Å². The minimum absolute atomic E-state index is 0.00217. The summed E-state index contributed by atoms with van der Waals surface area (Å²) in [6.07, 6.45) is 0.456. The summed E-state index contributed by atoms with van der Waals surface area (Å²) >= 11 is 0. The molecule has 4 aromatic rings. The van der Waals surface area contributed by atoms with Gasteiger partial charge in [-0.3, -0.25) is 24.0 Å². The van der Waals surface area contributed by atoms with Crippen molar-refractivity contribution in [2.24, 2.45) is 17.2 Å². The Kier molecular flexibility index (Phi) is 17.5. The number of amides is 5. The lowest BCUT2D eigenvalue weighted by atomic mass is 9.86. The second-order valence-electron chi connectivity index (χ2n) is 17.5. The number of hydrogen-bond acceptors (Lipinski definition) is 13. The zero-order valence-corrected chi connectivity index (χ0v) is 39.3. The number of nitrogens with zero attached hydrogens (tertiary/aromatic N) is 4. The molecule has 1 unspecified atom stereocenters. The lowest BCUT2D eigenvalue weighted by Crippen LogP contribution is -2.56. The molecule has 18 nitrogen and oxygen atoms in total. The number of aryl methyl sites for hydroxylation is 2. The van der Waals surface area contributed by atoms with E-state index in [0.29, 0.717) is 57.4 Å². The predicted molar refractivity (Wildman–Crippen MR) is 253 cm³/mol. The summed E-state index contributed by atoms with van der Waals surface area (Å²) in [5, 5.41) is 19.9. The normalized spacial score (nSPS) is 16.6. The molecule has 10 N–H and O–H groups in total. The number of benzene rings is 3. The molecule has 0 radical (unpaired) electrons. The molecular formula is C49H63N11O7. The van der Waals surface area contributed by atoms with Crippen molar-refractivity contribution in [2.45, 2.75) is 90.4 Å². The molecule has 1 aliphatic heterocycles. The molecule has 5 amide bonds. The van der Waals surface area contributed by atoms with Gasteiger partial charge in [-0.15, -0.1) is 0 Å². The van der Waals surface area contributed by atoms with E-state index in [1.165, 1.54) is 24.4 Å². The van der Waals surface area contributed by atoms with Gasteiger partial charge in [-0.25, -0.2) is 9.97 Å². The fourth-order valence-electron chi connectivity index (χ4n) is 7.86. The van der Waals surface area contributed by atoms with E-state index in [9.17, 15) is 29.2 Å². The molecule has 356 valence electrons. The first-order valence-corrected chi connectivity index (χ1v) is 22.3. The number of hydrogen-bond donors (Lipinski definition) is 7. The second-order valence-corrected chi connectivity index (χ2v) is 17.5. The van der Waals surface area contributed by atoms with Crippen molar-refractivity contribution in [3.8, 4) is 28.7 Å². The Morgan fingerprint density at radius 2 is 1.49 bits per heavy atom. The Morgan fingerprint density at radius 1 is 0.881 bits per heavy atom. The van der Waals surface area contributed by atoms with Crippen LogP contribution in [0.4, 0.5) is 0 Å². The molecule has 4 atom stereocenters. The average molecular weight is 918 g/mol. The minimum atomic E-state index is -1.40. The number of nitrogens with two attached hydrogens (primary N) is 3. The summed E-state index contributed by atoms with van der Waals surface area (Å²) in [5.74, 6) is -2.02. The fourth-order valence-corrected chi connectivity index (χ4v) is 7.86. The van der Waals surface area contributed by atoms with Crippen LogP contribution >= 0.6 is 0 Å². The summed E-state index contributed by atoms with van der Waals surface area (Å²) in [4.78, 5) is 81.1. The maximum absolute atomic E-state index is 14.7. The molecule has 5 rings (SSSR count). The summed E-state index contributed by atoms with van der Waals surface area (Å²) in [6.45, 7) is 11.7. The van der Waals surface area contributed by atoms with Crippen molar-refractivity contribution in [3.05, 3.63) is 106 Å². The van der Waals surface area contributed by atoms with E-state index in [2.05, 4.69) is 64.1 Å². The molecular weight excluding hydrogens is 855 g/mol. The van der Waals surface area contributed by atoms with Crippen LogP contribution in [0.2, 0.25) is 0 Å². The molecule has 67 heavy (non-hydrogen) atoms. The van der Waals surface area contributed by atoms with Gasteiger partial charge in [0.2, 0.25) is 23.6 Å². The number of aromatic nitrogens is 2. The van der Waals surface area contributed by atoms with Crippen LogP contribution in [-0.2, 0) is 37.4 Å². The highest BCUT2D eigenvalue weighted by Crippen LogP contribution is 2.40. The van der Waals surface area contributed by atoms with Gasteiger partial charge in [0.25, 0.3) is 5.91 Å². The summed E-state index contributed by atoms with van der Waals surface area (Å²) < 4.78 is 12.2. The first-order chi connectivity index (χ1) is 31.9. The van der Waals surface area contributed by atoms with Crippen molar-refractivity contribution >= 4 is 29.5 Å². The predicted octanol–water partition coefficient (Wildman–Crippen LogP) is 2.16. The van der Waals surface area contributed by atoms with Crippen LogP contribution in [0, 0.1) is 25.2 Å².